The van der Waals surface area contributed by atoms with Crippen LogP contribution >= 0.6 is 0 Å². The molecule has 0 radical (unpaired) electrons. The van der Waals surface area contributed by atoms with Gasteiger partial charge in [0.1, 0.15) is 0 Å². The molecule has 1 rings (SSSR count). The van der Waals surface area contributed by atoms with E-state index in [1.54, 1.807) is 6.20 Å². The van der Waals surface area contributed by atoms with Gasteiger partial charge >= 0.3 is 0 Å². The van der Waals surface area contributed by atoms with E-state index < -0.39 is 0 Å². The molecule has 0 atom stereocenters. The molecule has 1 aliphatic rings. The molecule has 1 aliphatic heterocycles. The molecule has 2 heteroatoms. The Labute approximate surface area is 36.5 Å². The lowest BCUT2D eigenvalue weighted by molar-refractivity contribution is 0.760. The number of allylic oxidation sites excluding steroid dienone is 1. The van der Waals surface area contributed by atoms with E-state index in [-0.39, 0.29) is 0 Å². The smallest absolute Gasteiger partial charge is 0.0715 e. The van der Waals surface area contributed by atoms with Crippen LogP contribution in [-0.2, 0) is 0 Å². The van der Waals surface area contributed by atoms with Crippen LogP contribution in [0.4, 0.5) is 0 Å². The second-order valence-electron chi connectivity index (χ2n) is 1.18. The van der Waals surface area contributed by atoms with Gasteiger partial charge < -0.3 is 5.43 Å². The summed E-state index contributed by atoms with van der Waals surface area (Å²) in [5.74, 6) is 0. The maximum atomic E-state index is 2.89. The second kappa shape index (κ2) is 1.07. The van der Waals surface area contributed by atoms with Gasteiger partial charge in [-0.15, -0.1) is 0 Å². The van der Waals surface area contributed by atoms with Gasteiger partial charge in [0, 0.05) is 0 Å². The molecule has 0 aromatic heterocycles. The fourth-order valence-electron chi connectivity index (χ4n) is 0.325. The Balaban J connectivity index is 2.71. The van der Waals surface area contributed by atoms with Crippen molar-refractivity contribution in [2.45, 2.75) is 6.92 Å². The van der Waals surface area contributed by atoms with Crippen molar-refractivity contribution < 1.29 is 0 Å². The Morgan fingerprint density at radius 3 is 2.83 bits per heavy atom. The minimum atomic E-state index is 1.04. The van der Waals surface area contributed by atoms with Crippen LogP contribution in [0.25, 0.3) is 0 Å². The van der Waals surface area contributed by atoms with E-state index in [9.17, 15) is 0 Å². The minimum Gasteiger partial charge on any atom is -0.300 e. The van der Waals surface area contributed by atoms with Crippen LogP contribution in [0.1, 0.15) is 6.92 Å². The third kappa shape index (κ3) is 0.374. The molecule has 0 saturated carbocycles. The highest BCUT2D eigenvalue weighted by Gasteiger charge is 1.83. The average molecular weight is 82.1 g/mol. The number of nitrogens with one attached hydrogen (secondary N) is 2. The molecule has 0 aromatic carbocycles. The third-order valence-electron chi connectivity index (χ3n) is 0.621. The zero-order chi connectivity index (χ0) is 4.41. The summed E-state index contributed by atoms with van der Waals surface area (Å²) in [6.07, 6.45) is 1.73. The molecule has 0 spiro atoms. The van der Waals surface area contributed by atoms with Gasteiger partial charge in [0.2, 0.25) is 0 Å². The molecule has 6 heavy (non-hydrogen) atoms. The second-order valence-corrected chi connectivity index (χ2v) is 1.18. The molecular weight excluding hydrogens is 76.1 g/mol. The van der Waals surface area contributed by atoms with E-state index in [0.717, 1.165) is 5.70 Å². The summed E-state index contributed by atoms with van der Waals surface area (Å²) in [6.45, 7) is 1.94. The Hall–Kier alpha value is -0.880. The van der Waals surface area contributed by atoms with E-state index >= 15 is 0 Å². The maximum Gasteiger partial charge on any atom is 0.0715 e. The van der Waals surface area contributed by atoms with Crippen molar-refractivity contribution in [3.05, 3.63) is 17.6 Å². The standard InChI is InChI=1S/C4H6N2/c1-4-2-3-5-6-4/h3,5-6H,1H3. The third-order valence-corrected chi connectivity index (χ3v) is 0.621. The summed E-state index contributed by atoms with van der Waals surface area (Å²) in [5, 5.41) is 0. The summed E-state index contributed by atoms with van der Waals surface area (Å²) in [7, 11) is 0. The molecule has 2 nitrogen and oxygen atoms in total. The van der Waals surface area contributed by atoms with E-state index in [2.05, 4.69) is 16.6 Å². The van der Waals surface area contributed by atoms with Crippen molar-refractivity contribution in [2.75, 3.05) is 0 Å². The molecule has 2 N–H and O–H groups in total. The molecule has 0 amide bonds. The Morgan fingerprint density at radius 2 is 2.67 bits per heavy atom. The van der Waals surface area contributed by atoms with Crippen molar-refractivity contribution in [1.29, 1.82) is 0 Å². The van der Waals surface area contributed by atoms with Crippen molar-refractivity contribution in [3.8, 4) is 0 Å². The van der Waals surface area contributed by atoms with E-state index in [1.165, 1.54) is 0 Å². The zero-order valence-corrected chi connectivity index (χ0v) is 3.58. The quantitative estimate of drug-likeness (QED) is 0.405. The molecule has 0 bridgehead atoms. The average Bonchev–Trinajstić information content (AvgIpc) is 1.86. The maximum absolute atomic E-state index is 2.89. The van der Waals surface area contributed by atoms with Gasteiger partial charge in [-0.2, -0.15) is 0 Å². The van der Waals surface area contributed by atoms with Crippen molar-refractivity contribution >= 4 is 0 Å². The van der Waals surface area contributed by atoms with Gasteiger partial charge in [-0.05, 0) is 6.92 Å². The topological polar surface area (TPSA) is 24.1 Å². The summed E-state index contributed by atoms with van der Waals surface area (Å²) in [6, 6.07) is 0. The zero-order valence-electron chi connectivity index (χ0n) is 3.58. The van der Waals surface area contributed by atoms with Gasteiger partial charge in [-0.1, -0.05) is 5.73 Å². The molecule has 0 aliphatic carbocycles. The molecule has 1 heterocycles. The van der Waals surface area contributed by atoms with Gasteiger partial charge in [0.25, 0.3) is 0 Å². The SMILES string of the molecule is CC1=C=CNN1. The Kier molecular flexibility index (Phi) is 0.592. The number of rotatable bonds is 0. The highest BCUT2D eigenvalue weighted by molar-refractivity contribution is 4.99. The monoisotopic (exact) mass is 82.1 g/mol. The number of hydrogen-bond acceptors (Lipinski definition) is 2. The van der Waals surface area contributed by atoms with Crippen molar-refractivity contribution in [1.82, 2.24) is 10.9 Å². The Morgan fingerprint density at radius 1 is 1.83 bits per heavy atom. The first-order valence-corrected chi connectivity index (χ1v) is 1.83. The number of hydrazine groups is 1. The van der Waals surface area contributed by atoms with Crippen molar-refractivity contribution in [2.24, 2.45) is 0 Å². The summed E-state index contributed by atoms with van der Waals surface area (Å²) < 4.78 is 0. The molecule has 32 valence electrons. The molecule has 0 aromatic rings. The lowest BCUT2D eigenvalue weighted by Crippen LogP contribution is -2.19. The summed E-state index contributed by atoms with van der Waals surface area (Å²) in [5.41, 5.74) is 9.49. The largest absolute Gasteiger partial charge is 0.300 e. The van der Waals surface area contributed by atoms with Crippen LogP contribution in [0, 0.1) is 0 Å². The van der Waals surface area contributed by atoms with E-state index in [1.807, 2.05) is 6.92 Å². The Bertz CT molecular complexity index is 109. The van der Waals surface area contributed by atoms with Gasteiger partial charge in [0.15, 0.2) is 0 Å². The highest BCUT2D eigenvalue weighted by atomic mass is 15.4. The normalized spacial score (nSPS) is 15.8. The fourth-order valence-corrected chi connectivity index (χ4v) is 0.325. The lowest BCUT2D eigenvalue weighted by Gasteiger charge is -1.91. The first kappa shape index (κ1) is 3.32. The first-order chi connectivity index (χ1) is 2.89. The van der Waals surface area contributed by atoms with Crippen LogP contribution in [-0.4, -0.2) is 0 Å². The molecule has 0 fully saturated rings. The molecule has 0 saturated heterocycles. The first-order valence-electron chi connectivity index (χ1n) is 1.83. The number of hydrogen-bond donors (Lipinski definition) is 2. The van der Waals surface area contributed by atoms with Gasteiger partial charge in [-0.3, -0.25) is 5.43 Å². The molecule has 0 unspecified atom stereocenters. The minimum absolute atomic E-state index is 1.04. The molecular formula is C4H6N2. The van der Waals surface area contributed by atoms with Crippen LogP contribution in [0.15, 0.2) is 17.6 Å². The summed E-state index contributed by atoms with van der Waals surface area (Å²) in [4.78, 5) is 0. The predicted molar refractivity (Wildman–Crippen MR) is 23.5 cm³/mol. The van der Waals surface area contributed by atoms with Gasteiger partial charge in [-0.25, -0.2) is 0 Å². The van der Waals surface area contributed by atoms with Crippen LogP contribution < -0.4 is 10.9 Å². The predicted octanol–water partition coefficient (Wildman–Crippen LogP) is 0.111. The fraction of sp³-hybridized carbons (Fsp3) is 0.250. The van der Waals surface area contributed by atoms with Crippen molar-refractivity contribution in [3.63, 3.8) is 0 Å². The van der Waals surface area contributed by atoms with E-state index in [4.69, 9.17) is 0 Å². The van der Waals surface area contributed by atoms with Crippen LogP contribution in [0.5, 0.6) is 0 Å². The summed E-state index contributed by atoms with van der Waals surface area (Å²) >= 11 is 0. The lowest BCUT2D eigenvalue weighted by atomic mass is 10.6. The van der Waals surface area contributed by atoms with E-state index in [0.29, 0.717) is 0 Å². The van der Waals surface area contributed by atoms with Crippen LogP contribution in [0.3, 0.4) is 0 Å². The van der Waals surface area contributed by atoms with Gasteiger partial charge in [0.05, 0.1) is 11.9 Å². The highest BCUT2D eigenvalue weighted by Crippen LogP contribution is 1.81. The van der Waals surface area contributed by atoms with Crippen LogP contribution in [0.2, 0.25) is 0 Å².